The minimum absolute atomic E-state index is 0.0294. The van der Waals surface area contributed by atoms with Gasteiger partial charge in [-0.1, -0.05) is 0 Å². The normalized spacial score (nSPS) is 19.6. The van der Waals surface area contributed by atoms with E-state index < -0.39 is 17.0 Å². The monoisotopic (exact) mass is 215 g/mol. The maximum Gasteiger partial charge on any atom is 0.309 e. The van der Waals surface area contributed by atoms with Crippen molar-refractivity contribution in [3.63, 3.8) is 0 Å². The number of hydrogen-bond acceptors (Lipinski definition) is 3. The number of aliphatic hydroxyl groups is 1. The van der Waals surface area contributed by atoms with Gasteiger partial charge < -0.3 is 15.1 Å². The molecule has 0 atom stereocenters. The molecular weight excluding hydrogens is 198 g/mol. The highest BCUT2D eigenvalue weighted by Crippen LogP contribution is 2.26. The van der Waals surface area contributed by atoms with Crippen LogP contribution in [0, 0.1) is 5.41 Å². The largest absolute Gasteiger partial charge is 0.481 e. The Kier molecular flexibility index (Phi) is 2.78. The molecule has 5 nitrogen and oxygen atoms in total. The predicted molar refractivity (Wildman–Crippen MR) is 53.2 cm³/mol. The third-order valence-corrected chi connectivity index (χ3v) is 2.59. The van der Waals surface area contributed by atoms with E-state index in [9.17, 15) is 14.7 Å². The maximum absolute atomic E-state index is 11.6. The van der Waals surface area contributed by atoms with Crippen molar-refractivity contribution in [1.82, 2.24) is 4.90 Å². The van der Waals surface area contributed by atoms with E-state index in [1.165, 1.54) is 18.7 Å². The summed E-state index contributed by atoms with van der Waals surface area (Å²) in [6, 6.07) is 0. The van der Waals surface area contributed by atoms with Crippen LogP contribution in [0.25, 0.3) is 0 Å². The van der Waals surface area contributed by atoms with E-state index in [1.54, 1.807) is 6.92 Å². The number of carboxylic acid groups (broad SMARTS) is 1. The molecule has 86 valence electrons. The van der Waals surface area contributed by atoms with Crippen LogP contribution in [-0.2, 0) is 9.59 Å². The van der Waals surface area contributed by atoms with Crippen LogP contribution in [0.3, 0.4) is 0 Å². The quantitative estimate of drug-likeness (QED) is 0.699. The summed E-state index contributed by atoms with van der Waals surface area (Å²) >= 11 is 0. The number of nitrogens with zero attached hydrogens (tertiary/aromatic N) is 1. The summed E-state index contributed by atoms with van der Waals surface area (Å²) in [4.78, 5) is 23.9. The van der Waals surface area contributed by atoms with Crippen molar-refractivity contribution in [3.8, 4) is 0 Å². The Labute approximate surface area is 88.7 Å². The lowest BCUT2D eigenvalue weighted by molar-refractivity contribution is -0.160. The number of carboxylic acids is 1. The standard InChI is InChI=1S/C10H17NO4/c1-9(2,8(13)14)4-7(12)11-5-10(3,15)6-11/h15H,4-6H2,1-3H3,(H,13,14). The van der Waals surface area contributed by atoms with Gasteiger partial charge in [0.05, 0.1) is 24.1 Å². The number of amides is 1. The molecule has 0 bridgehead atoms. The lowest BCUT2D eigenvalue weighted by Crippen LogP contribution is -2.62. The second kappa shape index (κ2) is 3.48. The van der Waals surface area contributed by atoms with Crippen molar-refractivity contribution in [2.45, 2.75) is 32.8 Å². The first kappa shape index (κ1) is 12.0. The second-order valence-corrected chi connectivity index (χ2v) is 5.11. The minimum atomic E-state index is -1.04. The van der Waals surface area contributed by atoms with Gasteiger partial charge >= 0.3 is 5.97 Å². The summed E-state index contributed by atoms with van der Waals surface area (Å²) in [5, 5.41) is 18.3. The van der Waals surface area contributed by atoms with E-state index in [0.29, 0.717) is 13.1 Å². The fourth-order valence-electron chi connectivity index (χ4n) is 1.52. The first-order chi connectivity index (χ1) is 6.64. The molecule has 1 amide bonds. The van der Waals surface area contributed by atoms with Gasteiger partial charge in [0.2, 0.25) is 5.91 Å². The van der Waals surface area contributed by atoms with Crippen molar-refractivity contribution in [2.75, 3.05) is 13.1 Å². The van der Waals surface area contributed by atoms with Crippen molar-refractivity contribution >= 4 is 11.9 Å². The van der Waals surface area contributed by atoms with E-state index in [4.69, 9.17) is 5.11 Å². The molecule has 0 aromatic carbocycles. The lowest BCUT2D eigenvalue weighted by Gasteiger charge is -2.44. The number of carbonyl (C=O) groups is 2. The molecule has 0 unspecified atom stereocenters. The van der Waals surface area contributed by atoms with Gasteiger partial charge in [-0.3, -0.25) is 9.59 Å². The topological polar surface area (TPSA) is 77.8 Å². The summed E-state index contributed by atoms with van der Waals surface area (Å²) < 4.78 is 0. The predicted octanol–water partition coefficient (Wildman–Crippen LogP) is 0.0805. The van der Waals surface area contributed by atoms with Gasteiger partial charge in [0.15, 0.2) is 0 Å². The van der Waals surface area contributed by atoms with E-state index in [1.807, 2.05) is 0 Å². The average Bonchev–Trinajstić information content (AvgIpc) is 1.98. The van der Waals surface area contributed by atoms with Gasteiger partial charge in [-0.25, -0.2) is 0 Å². The maximum atomic E-state index is 11.6. The smallest absolute Gasteiger partial charge is 0.309 e. The zero-order valence-corrected chi connectivity index (χ0v) is 9.28. The van der Waals surface area contributed by atoms with Crippen LogP contribution < -0.4 is 0 Å². The Bertz CT molecular complexity index is 288. The van der Waals surface area contributed by atoms with E-state index in [-0.39, 0.29) is 12.3 Å². The first-order valence-corrected chi connectivity index (χ1v) is 4.88. The molecule has 2 N–H and O–H groups in total. The van der Waals surface area contributed by atoms with Crippen LogP contribution in [0.4, 0.5) is 0 Å². The van der Waals surface area contributed by atoms with Gasteiger partial charge in [-0.05, 0) is 20.8 Å². The number of rotatable bonds is 3. The molecule has 1 rings (SSSR count). The molecule has 0 aromatic heterocycles. The Hall–Kier alpha value is -1.10. The third-order valence-electron chi connectivity index (χ3n) is 2.59. The fraction of sp³-hybridized carbons (Fsp3) is 0.800. The van der Waals surface area contributed by atoms with Crippen molar-refractivity contribution in [3.05, 3.63) is 0 Å². The van der Waals surface area contributed by atoms with E-state index in [0.717, 1.165) is 0 Å². The van der Waals surface area contributed by atoms with Gasteiger partial charge in [0.1, 0.15) is 0 Å². The molecule has 0 aliphatic carbocycles. The molecule has 1 saturated heterocycles. The Morgan fingerprint density at radius 2 is 1.87 bits per heavy atom. The number of aliphatic carboxylic acids is 1. The summed E-state index contributed by atoms with van der Waals surface area (Å²) in [6.07, 6.45) is -0.0294. The van der Waals surface area contributed by atoms with Crippen LogP contribution in [-0.4, -0.2) is 45.7 Å². The molecule has 1 fully saturated rings. The number of carbonyl (C=O) groups excluding carboxylic acids is 1. The molecule has 0 spiro atoms. The molecule has 15 heavy (non-hydrogen) atoms. The second-order valence-electron chi connectivity index (χ2n) is 5.11. The molecule has 1 heterocycles. The highest BCUT2D eigenvalue weighted by molar-refractivity contribution is 5.85. The minimum Gasteiger partial charge on any atom is -0.481 e. The molecule has 0 aromatic rings. The Morgan fingerprint density at radius 3 is 2.20 bits per heavy atom. The van der Waals surface area contributed by atoms with Gasteiger partial charge in [0, 0.05) is 6.42 Å². The number of hydrogen-bond donors (Lipinski definition) is 2. The highest BCUT2D eigenvalue weighted by Gasteiger charge is 2.41. The van der Waals surface area contributed by atoms with Crippen LogP contribution in [0.2, 0.25) is 0 Å². The first-order valence-electron chi connectivity index (χ1n) is 4.88. The molecule has 0 radical (unpaired) electrons. The number of β-amino-alcohol motifs (C(OH)–C–C–N with tert-alkyl or cyclic N) is 1. The van der Waals surface area contributed by atoms with Gasteiger partial charge in [-0.2, -0.15) is 0 Å². The third kappa shape index (κ3) is 2.68. The number of likely N-dealkylation sites (tertiary alicyclic amines) is 1. The zero-order valence-electron chi connectivity index (χ0n) is 9.28. The summed E-state index contributed by atoms with van der Waals surface area (Å²) in [6.45, 7) is 5.28. The summed E-state index contributed by atoms with van der Waals surface area (Å²) in [5.41, 5.74) is -1.85. The van der Waals surface area contributed by atoms with Crippen LogP contribution in [0.15, 0.2) is 0 Å². The molecule has 1 aliphatic rings. The average molecular weight is 215 g/mol. The molecular formula is C10H17NO4. The van der Waals surface area contributed by atoms with Crippen LogP contribution in [0.1, 0.15) is 27.2 Å². The van der Waals surface area contributed by atoms with Crippen molar-refractivity contribution < 1.29 is 19.8 Å². The summed E-state index contributed by atoms with van der Waals surface area (Å²) in [5.74, 6) is -1.20. The van der Waals surface area contributed by atoms with Crippen LogP contribution >= 0.6 is 0 Å². The molecule has 1 aliphatic heterocycles. The van der Waals surface area contributed by atoms with Gasteiger partial charge in [-0.15, -0.1) is 0 Å². The Morgan fingerprint density at radius 1 is 1.40 bits per heavy atom. The zero-order chi connectivity index (χ0) is 11.9. The Balaban J connectivity index is 2.48. The van der Waals surface area contributed by atoms with Crippen molar-refractivity contribution in [1.29, 1.82) is 0 Å². The highest BCUT2D eigenvalue weighted by atomic mass is 16.4. The van der Waals surface area contributed by atoms with Gasteiger partial charge in [0.25, 0.3) is 0 Å². The van der Waals surface area contributed by atoms with E-state index >= 15 is 0 Å². The van der Waals surface area contributed by atoms with Crippen molar-refractivity contribution in [2.24, 2.45) is 5.41 Å². The lowest BCUT2D eigenvalue weighted by atomic mass is 9.87. The van der Waals surface area contributed by atoms with E-state index in [2.05, 4.69) is 0 Å². The molecule has 5 heteroatoms. The fourth-order valence-corrected chi connectivity index (χ4v) is 1.52. The summed E-state index contributed by atoms with van der Waals surface area (Å²) in [7, 11) is 0. The molecule has 0 saturated carbocycles. The van der Waals surface area contributed by atoms with Crippen LogP contribution in [0.5, 0.6) is 0 Å². The SMILES string of the molecule is CC1(O)CN(C(=O)CC(C)(C)C(=O)O)C1.